The quantitative estimate of drug-likeness (QED) is 0.879. The molecular formula is C17H16ClN5O2. The van der Waals surface area contributed by atoms with Crippen LogP contribution in [0.3, 0.4) is 0 Å². The van der Waals surface area contributed by atoms with Crippen LogP contribution < -0.4 is 11.1 Å². The second-order valence-electron chi connectivity index (χ2n) is 5.60. The van der Waals surface area contributed by atoms with Crippen LogP contribution >= 0.6 is 11.6 Å². The number of halogens is 1. The molecule has 0 spiro atoms. The molecule has 3 rings (SSSR count). The van der Waals surface area contributed by atoms with Crippen molar-refractivity contribution in [1.82, 2.24) is 9.88 Å². The number of pyridine rings is 1. The summed E-state index contributed by atoms with van der Waals surface area (Å²) in [6, 6.07) is 9.93. The number of anilines is 1. The van der Waals surface area contributed by atoms with E-state index in [1.165, 1.54) is 11.1 Å². The van der Waals surface area contributed by atoms with E-state index in [-0.39, 0.29) is 35.9 Å². The fourth-order valence-corrected chi connectivity index (χ4v) is 2.56. The summed E-state index contributed by atoms with van der Waals surface area (Å²) < 4.78 is 0. The second-order valence-corrected chi connectivity index (χ2v) is 6.04. The highest BCUT2D eigenvalue weighted by molar-refractivity contribution is 6.30. The average Bonchev–Trinajstić information content (AvgIpc) is 2.60. The molecule has 1 atom stereocenters. The summed E-state index contributed by atoms with van der Waals surface area (Å²) in [6.45, 7) is 0. The van der Waals surface area contributed by atoms with E-state index in [0.717, 1.165) is 5.56 Å². The lowest BCUT2D eigenvalue weighted by molar-refractivity contribution is -0.127. The van der Waals surface area contributed by atoms with Crippen molar-refractivity contribution in [2.75, 3.05) is 12.4 Å². The third kappa shape index (κ3) is 3.77. The summed E-state index contributed by atoms with van der Waals surface area (Å²) in [5.74, 6) is -0.269. The van der Waals surface area contributed by atoms with Crippen LogP contribution in [-0.4, -0.2) is 34.7 Å². The van der Waals surface area contributed by atoms with E-state index >= 15 is 0 Å². The number of aromatic nitrogens is 1. The number of nitrogens with zero attached hydrogens (tertiary/aromatic N) is 3. The topological polar surface area (TPSA) is 101 Å². The minimum Gasteiger partial charge on any atom is -0.369 e. The van der Waals surface area contributed by atoms with Gasteiger partial charge in [0.1, 0.15) is 5.69 Å². The highest BCUT2D eigenvalue weighted by Gasteiger charge is 2.25. The number of amides is 2. The lowest BCUT2D eigenvalue weighted by Gasteiger charge is -2.25. The van der Waals surface area contributed by atoms with Crippen molar-refractivity contribution in [1.29, 1.82) is 0 Å². The lowest BCUT2D eigenvalue weighted by atomic mass is 10.0. The first-order valence-corrected chi connectivity index (χ1v) is 7.94. The predicted octanol–water partition coefficient (Wildman–Crippen LogP) is 2.21. The van der Waals surface area contributed by atoms with Gasteiger partial charge in [0.15, 0.2) is 5.96 Å². The van der Waals surface area contributed by atoms with Crippen LogP contribution in [0.15, 0.2) is 47.6 Å². The first kappa shape index (κ1) is 16.9. The van der Waals surface area contributed by atoms with Crippen LogP contribution in [0.5, 0.6) is 0 Å². The Balaban J connectivity index is 1.79. The SMILES string of the molecule is CN1C(=O)CC(c2cccc(NC(=O)c3ccc(Cl)cn3)c2)N=C1N. The number of nitrogens with two attached hydrogens (primary N) is 1. The minimum atomic E-state index is -0.366. The Labute approximate surface area is 149 Å². The Kier molecular flexibility index (Phi) is 4.67. The van der Waals surface area contributed by atoms with Crippen molar-refractivity contribution < 1.29 is 9.59 Å². The number of aliphatic imine (C=N–C) groups is 1. The zero-order chi connectivity index (χ0) is 18.0. The number of carbonyl (C=O) groups is 2. The van der Waals surface area contributed by atoms with Crippen molar-refractivity contribution >= 4 is 35.1 Å². The molecule has 2 heterocycles. The lowest BCUT2D eigenvalue weighted by Crippen LogP contribution is -2.42. The van der Waals surface area contributed by atoms with E-state index in [1.807, 2.05) is 6.07 Å². The van der Waals surface area contributed by atoms with E-state index in [0.29, 0.717) is 10.7 Å². The minimum absolute atomic E-state index is 0.0997. The first-order chi connectivity index (χ1) is 11.9. The monoisotopic (exact) mass is 357 g/mol. The highest BCUT2D eigenvalue weighted by Crippen LogP contribution is 2.27. The molecule has 3 N–H and O–H groups in total. The molecule has 1 aliphatic rings. The Hall–Kier alpha value is -2.93. The smallest absolute Gasteiger partial charge is 0.274 e. The van der Waals surface area contributed by atoms with Crippen molar-refractivity contribution in [2.24, 2.45) is 10.7 Å². The number of rotatable bonds is 3. The third-order valence-electron chi connectivity index (χ3n) is 3.86. The molecule has 1 aliphatic heterocycles. The van der Waals surface area contributed by atoms with Gasteiger partial charge in [-0.3, -0.25) is 14.5 Å². The number of guanidine groups is 1. The molecule has 1 aromatic carbocycles. The van der Waals surface area contributed by atoms with Gasteiger partial charge in [0.05, 0.1) is 17.5 Å². The molecule has 2 amide bonds. The van der Waals surface area contributed by atoms with E-state index in [1.54, 1.807) is 37.4 Å². The van der Waals surface area contributed by atoms with Gasteiger partial charge in [0.25, 0.3) is 5.91 Å². The van der Waals surface area contributed by atoms with Gasteiger partial charge in [-0.15, -0.1) is 0 Å². The number of carbonyl (C=O) groups excluding carboxylic acids is 2. The molecule has 0 saturated carbocycles. The van der Waals surface area contributed by atoms with Gasteiger partial charge in [0.2, 0.25) is 5.91 Å². The standard InChI is InChI=1S/C17H16ClN5O2/c1-23-15(24)8-14(22-17(23)19)10-3-2-4-12(7-10)21-16(25)13-6-5-11(18)9-20-13/h2-7,9,14H,8H2,1H3,(H2,19,22)(H,21,25). The Bertz CT molecular complexity index is 850. The summed E-state index contributed by atoms with van der Waals surface area (Å²) in [4.78, 5) is 33.8. The molecule has 1 unspecified atom stereocenters. The average molecular weight is 358 g/mol. The number of hydrogen-bond acceptors (Lipinski definition) is 5. The van der Waals surface area contributed by atoms with Crippen LogP contribution in [0.25, 0.3) is 0 Å². The Morgan fingerprint density at radius 1 is 1.36 bits per heavy atom. The predicted molar refractivity (Wildman–Crippen MR) is 95.4 cm³/mol. The largest absolute Gasteiger partial charge is 0.369 e. The molecule has 128 valence electrons. The molecule has 7 nitrogen and oxygen atoms in total. The zero-order valence-electron chi connectivity index (χ0n) is 13.4. The molecule has 25 heavy (non-hydrogen) atoms. The fraction of sp³-hybridized carbons (Fsp3) is 0.176. The zero-order valence-corrected chi connectivity index (χ0v) is 14.2. The molecule has 0 fully saturated rings. The molecule has 0 radical (unpaired) electrons. The van der Waals surface area contributed by atoms with Gasteiger partial charge in [-0.05, 0) is 29.8 Å². The van der Waals surface area contributed by atoms with Crippen molar-refractivity contribution in [3.8, 4) is 0 Å². The van der Waals surface area contributed by atoms with Gasteiger partial charge in [-0.25, -0.2) is 9.98 Å². The maximum absolute atomic E-state index is 12.2. The summed E-state index contributed by atoms with van der Waals surface area (Å²) in [7, 11) is 1.59. The van der Waals surface area contributed by atoms with Gasteiger partial charge in [-0.1, -0.05) is 23.7 Å². The first-order valence-electron chi connectivity index (χ1n) is 7.57. The van der Waals surface area contributed by atoms with Gasteiger partial charge in [-0.2, -0.15) is 0 Å². The van der Waals surface area contributed by atoms with E-state index in [4.69, 9.17) is 17.3 Å². The molecular weight excluding hydrogens is 342 g/mol. The van der Waals surface area contributed by atoms with E-state index < -0.39 is 0 Å². The van der Waals surface area contributed by atoms with Crippen molar-refractivity contribution in [3.05, 3.63) is 58.9 Å². The number of hydrogen-bond donors (Lipinski definition) is 2. The molecule has 0 bridgehead atoms. The summed E-state index contributed by atoms with van der Waals surface area (Å²) in [5, 5.41) is 3.23. The highest BCUT2D eigenvalue weighted by atomic mass is 35.5. The summed E-state index contributed by atoms with van der Waals surface area (Å²) in [5.41, 5.74) is 7.41. The summed E-state index contributed by atoms with van der Waals surface area (Å²) in [6.07, 6.45) is 1.64. The molecule has 2 aromatic rings. The summed E-state index contributed by atoms with van der Waals surface area (Å²) >= 11 is 5.77. The molecule has 1 aromatic heterocycles. The van der Waals surface area contributed by atoms with Crippen LogP contribution in [0.4, 0.5) is 5.69 Å². The maximum atomic E-state index is 12.2. The van der Waals surface area contributed by atoms with E-state index in [9.17, 15) is 9.59 Å². The molecule has 0 saturated heterocycles. The number of nitrogens with one attached hydrogen (secondary N) is 1. The third-order valence-corrected chi connectivity index (χ3v) is 4.09. The molecule has 0 aliphatic carbocycles. The van der Waals surface area contributed by atoms with Crippen LogP contribution in [-0.2, 0) is 4.79 Å². The van der Waals surface area contributed by atoms with Crippen LogP contribution in [0.1, 0.15) is 28.5 Å². The van der Waals surface area contributed by atoms with Crippen LogP contribution in [0, 0.1) is 0 Å². The normalized spacial score (nSPS) is 17.2. The van der Waals surface area contributed by atoms with Crippen molar-refractivity contribution in [3.63, 3.8) is 0 Å². The second kappa shape index (κ2) is 6.90. The van der Waals surface area contributed by atoms with Gasteiger partial charge >= 0.3 is 0 Å². The Morgan fingerprint density at radius 3 is 2.84 bits per heavy atom. The molecule has 8 heteroatoms. The van der Waals surface area contributed by atoms with Gasteiger partial charge < -0.3 is 11.1 Å². The van der Waals surface area contributed by atoms with Crippen LogP contribution in [0.2, 0.25) is 5.02 Å². The van der Waals surface area contributed by atoms with E-state index in [2.05, 4.69) is 15.3 Å². The van der Waals surface area contributed by atoms with Crippen molar-refractivity contribution in [2.45, 2.75) is 12.5 Å². The number of benzene rings is 1. The fourth-order valence-electron chi connectivity index (χ4n) is 2.44. The maximum Gasteiger partial charge on any atom is 0.274 e. The van der Waals surface area contributed by atoms with Gasteiger partial charge in [0, 0.05) is 18.9 Å². The Morgan fingerprint density at radius 2 is 2.16 bits per heavy atom.